The number of rotatable bonds is 0. The maximum atomic E-state index is 8.58. The molecule has 0 aliphatic rings. The van der Waals surface area contributed by atoms with Crippen LogP contribution in [0.5, 0.6) is 0 Å². The summed E-state index contributed by atoms with van der Waals surface area (Å²) in [5.74, 6) is 0. The van der Waals surface area contributed by atoms with Crippen LogP contribution in [0.15, 0.2) is 0 Å². The maximum absolute atomic E-state index is 8.58. The van der Waals surface area contributed by atoms with E-state index in [1.54, 1.807) is 0 Å². The molecule has 0 aromatic carbocycles. The molecule has 0 aromatic rings. The molecule has 36 valence electrons. The molecule has 0 aliphatic heterocycles. The van der Waals surface area contributed by atoms with Gasteiger partial charge in [0.1, 0.15) is 0 Å². The Morgan fingerprint density at radius 1 is 1.67 bits per heavy atom. The molecule has 0 fully saturated rings. The molecule has 0 rings (SSSR count). The summed E-state index contributed by atoms with van der Waals surface area (Å²) in [4.78, 5) is 8.58. The molecule has 0 saturated heterocycles. The Bertz CT molecular complexity index is 27.5. The van der Waals surface area contributed by atoms with Crippen LogP contribution < -0.4 is 5.73 Å². The third kappa shape index (κ3) is 116. The van der Waals surface area contributed by atoms with Gasteiger partial charge in [0.2, 0.25) is 6.41 Å². The Morgan fingerprint density at radius 2 is 1.67 bits per heavy atom. The van der Waals surface area contributed by atoms with Crippen LogP contribution in [0.25, 0.3) is 0 Å². The minimum absolute atomic E-state index is 0.250. The first-order chi connectivity index (χ1) is 2.83. The van der Waals surface area contributed by atoms with Gasteiger partial charge < -0.3 is 5.73 Å². The first-order valence-electron chi connectivity index (χ1n) is 0.947. The number of nitrogens with two attached hydrogens (primary N) is 1. The summed E-state index contributed by atoms with van der Waals surface area (Å²) in [6.45, 7) is 0. The van der Waals surface area contributed by atoms with Gasteiger partial charge in [-0.05, 0) is 0 Å². The van der Waals surface area contributed by atoms with Crippen molar-refractivity contribution >= 4 is 25.0 Å². The van der Waals surface area contributed by atoms with Crippen molar-refractivity contribution in [1.82, 2.24) is 0 Å². The minimum atomic E-state index is -0.556. The molecule has 0 bridgehead atoms. The zero-order chi connectivity index (χ0) is 5.41. The second-order valence-electron chi connectivity index (χ2n) is 0.208. The number of amides is 1. The molecule has 0 aliphatic carbocycles. The molecule has 0 aromatic heterocycles. The molecular formula is CH3Cl2NOTi. The second kappa shape index (κ2) is 17.1. The number of hydrogen-bond acceptors (Lipinski definition) is 1. The Morgan fingerprint density at radius 3 is 1.67 bits per heavy atom. The van der Waals surface area contributed by atoms with E-state index in [0.29, 0.717) is 0 Å². The van der Waals surface area contributed by atoms with E-state index in [-0.39, 0.29) is 6.41 Å². The first kappa shape index (κ1) is 9.90. The van der Waals surface area contributed by atoms with Gasteiger partial charge in [-0.3, -0.25) is 4.79 Å². The second-order valence-corrected chi connectivity index (χ2v) is 2.79. The van der Waals surface area contributed by atoms with Crippen molar-refractivity contribution in [3.63, 3.8) is 0 Å². The zero-order valence-corrected chi connectivity index (χ0v) is 5.89. The molecule has 0 atom stereocenters. The van der Waals surface area contributed by atoms with E-state index in [1.807, 2.05) is 0 Å². The van der Waals surface area contributed by atoms with Crippen molar-refractivity contribution in [1.29, 1.82) is 0 Å². The van der Waals surface area contributed by atoms with Crippen LogP contribution in [0, 0.1) is 0 Å². The monoisotopic (exact) mass is 163 g/mol. The van der Waals surface area contributed by atoms with Crippen molar-refractivity contribution in [3.05, 3.63) is 0 Å². The van der Waals surface area contributed by atoms with Gasteiger partial charge in [-0.2, -0.15) is 0 Å². The van der Waals surface area contributed by atoms with Crippen LogP contribution in [0.1, 0.15) is 0 Å². The Hall–Kier alpha value is 0.764. The van der Waals surface area contributed by atoms with Crippen LogP contribution >= 0.6 is 18.6 Å². The average Bonchev–Trinajstić information content (AvgIpc) is 1.39. The van der Waals surface area contributed by atoms with Crippen molar-refractivity contribution in [2.75, 3.05) is 0 Å². The third-order valence-electron chi connectivity index (χ3n) is 0. The number of carbonyl (C=O) groups is 1. The summed E-state index contributed by atoms with van der Waals surface area (Å²) >= 11 is -0.556. The van der Waals surface area contributed by atoms with Crippen molar-refractivity contribution < 1.29 is 21.8 Å². The van der Waals surface area contributed by atoms with E-state index in [9.17, 15) is 0 Å². The predicted molar refractivity (Wildman–Crippen MR) is 22.0 cm³/mol. The molecular weight excluding hydrogens is 161 g/mol. The van der Waals surface area contributed by atoms with E-state index in [4.69, 9.17) is 23.4 Å². The van der Waals surface area contributed by atoms with E-state index in [2.05, 4.69) is 5.73 Å². The normalized spacial score (nSPS) is 4.33. The number of halogens is 2. The van der Waals surface area contributed by atoms with Crippen molar-refractivity contribution in [2.24, 2.45) is 5.73 Å². The van der Waals surface area contributed by atoms with Gasteiger partial charge in [0.15, 0.2) is 0 Å². The fourth-order valence-electron chi connectivity index (χ4n) is 0. The number of hydrogen-bond donors (Lipinski definition) is 1. The fraction of sp³-hybridized carbons (Fsp3) is 0. The van der Waals surface area contributed by atoms with Crippen LogP contribution in [-0.4, -0.2) is 6.41 Å². The number of primary amides is 1. The van der Waals surface area contributed by atoms with Gasteiger partial charge in [-0.1, -0.05) is 0 Å². The van der Waals surface area contributed by atoms with E-state index < -0.39 is 17.0 Å². The molecule has 0 saturated carbocycles. The van der Waals surface area contributed by atoms with Crippen LogP contribution in [0.4, 0.5) is 0 Å². The summed E-state index contributed by atoms with van der Waals surface area (Å²) in [6, 6.07) is 0. The molecule has 2 nitrogen and oxygen atoms in total. The topological polar surface area (TPSA) is 43.1 Å². The van der Waals surface area contributed by atoms with Crippen LogP contribution in [0.3, 0.4) is 0 Å². The standard InChI is InChI=1S/CH3NO.2ClH.Ti/c2-1-3;;;/h1H,(H2,2,3);2*1H;/q;;;+2/p-2. The Labute approximate surface area is 52.7 Å². The molecule has 2 N–H and O–H groups in total. The molecule has 1 amide bonds. The molecule has 0 heterocycles. The van der Waals surface area contributed by atoms with E-state index in [0.717, 1.165) is 0 Å². The van der Waals surface area contributed by atoms with Gasteiger partial charge in [0.05, 0.1) is 0 Å². The van der Waals surface area contributed by atoms with Gasteiger partial charge >= 0.3 is 35.6 Å². The molecule has 0 radical (unpaired) electrons. The molecule has 0 spiro atoms. The van der Waals surface area contributed by atoms with E-state index in [1.165, 1.54) is 0 Å². The molecule has 0 unspecified atom stereocenters. The van der Waals surface area contributed by atoms with Crippen LogP contribution in [-0.2, 0) is 21.8 Å². The van der Waals surface area contributed by atoms with Gasteiger partial charge in [-0.25, -0.2) is 0 Å². The number of carbonyl (C=O) groups excluding carboxylic acids is 1. The van der Waals surface area contributed by atoms with Crippen molar-refractivity contribution in [2.45, 2.75) is 0 Å². The molecule has 6 heavy (non-hydrogen) atoms. The quantitative estimate of drug-likeness (QED) is 0.410. The Kier molecular flexibility index (Phi) is 28.3. The van der Waals surface area contributed by atoms with Gasteiger partial charge in [0.25, 0.3) is 0 Å². The Balaban J connectivity index is 0. The third-order valence-corrected chi connectivity index (χ3v) is 0. The van der Waals surface area contributed by atoms with Crippen molar-refractivity contribution in [3.8, 4) is 0 Å². The molecule has 5 heteroatoms. The summed E-state index contributed by atoms with van der Waals surface area (Å²) in [6.07, 6.45) is 0.250. The fourth-order valence-corrected chi connectivity index (χ4v) is 0. The van der Waals surface area contributed by atoms with E-state index >= 15 is 0 Å². The van der Waals surface area contributed by atoms with Gasteiger partial charge in [0, 0.05) is 0 Å². The zero-order valence-electron chi connectivity index (χ0n) is 2.82. The average molecular weight is 164 g/mol. The predicted octanol–water partition coefficient (Wildman–Crippen LogP) is 0.478. The van der Waals surface area contributed by atoms with Gasteiger partial charge in [-0.15, -0.1) is 0 Å². The summed E-state index contributed by atoms with van der Waals surface area (Å²) in [5, 5.41) is 0. The SMILES string of the molecule is NC=O.[Cl][Ti][Cl]. The first-order valence-corrected chi connectivity index (χ1v) is 5.24. The summed E-state index contributed by atoms with van der Waals surface area (Å²) in [7, 11) is 9.78. The van der Waals surface area contributed by atoms with Crippen LogP contribution in [0.2, 0.25) is 0 Å². The summed E-state index contributed by atoms with van der Waals surface area (Å²) in [5.41, 5.74) is 4.17. The summed E-state index contributed by atoms with van der Waals surface area (Å²) < 4.78 is 0.